The van der Waals surface area contributed by atoms with Gasteiger partial charge in [-0.25, -0.2) is 9.97 Å². The molecule has 14 heavy (non-hydrogen) atoms. The molecular weight excluding hydrogens is 221 g/mol. The molecule has 5 heteroatoms. The van der Waals surface area contributed by atoms with Crippen molar-refractivity contribution in [3.8, 4) is 0 Å². The number of halogens is 2. The van der Waals surface area contributed by atoms with Crippen molar-refractivity contribution in [1.82, 2.24) is 15.3 Å². The first-order valence-corrected chi connectivity index (χ1v) is 5.44. The zero-order valence-electron chi connectivity index (χ0n) is 7.63. The van der Waals surface area contributed by atoms with Crippen LogP contribution in [-0.4, -0.2) is 16.5 Å². The maximum atomic E-state index is 5.81. The Hall–Kier alpha value is -0.380. The van der Waals surface area contributed by atoms with E-state index in [-0.39, 0.29) is 6.04 Å². The Kier molecular flexibility index (Phi) is 3.21. The molecule has 2 rings (SSSR count). The van der Waals surface area contributed by atoms with E-state index in [0.717, 1.165) is 13.0 Å². The molecule has 2 heterocycles. The lowest BCUT2D eigenvalue weighted by Crippen LogP contribution is -2.28. The highest BCUT2D eigenvalue weighted by atomic mass is 35.5. The summed E-state index contributed by atoms with van der Waals surface area (Å²) in [4.78, 5) is 8.33. The van der Waals surface area contributed by atoms with Crippen LogP contribution >= 0.6 is 23.2 Å². The lowest BCUT2D eigenvalue weighted by molar-refractivity contribution is 0.397. The second-order valence-corrected chi connectivity index (χ2v) is 4.15. The molecule has 0 radical (unpaired) electrons. The molecule has 0 amide bonds. The number of hydrogen-bond acceptors (Lipinski definition) is 3. The van der Waals surface area contributed by atoms with Crippen molar-refractivity contribution in [2.75, 3.05) is 6.54 Å². The van der Waals surface area contributed by atoms with Crippen molar-refractivity contribution in [3.63, 3.8) is 0 Å². The van der Waals surface area contributed by atoms with Crippen molar-refractivity contribution < 1.29 is 0 Å². The SMILES string of the molecule is Clc1cc(Cl)nc(C2CCCCN2)n1. The first kappa shape index (κ1) is 10.1. The summed E-state index contributed by atoms with van der Waals surface area (Å²) in [6.45, 7) is 1.01. The molecule has 1 atom stereocenters. The van der Waals surface area contributed by atoms with Gasteiger partial charge in [0.25, 0.3) is 0 Å². The van der Waals surface area contributed by atoms with Gasteiger partial charge in [-0.15, -0.1) is 0 Å². The summed E-state index contributed by atoms with van der Waals surface area (Å²) < 4.78 is 0. The Morgan fingerprint density at radius 1 is 1.21 bits per heavy atom. The first-order valence-electron chi connectivity index (χ1n) is 4.69. The molecule has 76 valence electrons. The summed E-state index contributed by atoms with van der Waals surface area (Å²) in [5.74, 6) is 0.710. The van der Waals surface area contributed by atoms with Crippen LogP contribution in [0.2, 0.25) is 10.3 Å². The Morgan fingerprint density at radius 2 is 1.93 bits per heavy atom. The van der Waals surface area contributed by atoms with E-state index in [9.17, 15) is 0 Å². The third-order valence-electron chi connectivity index (χ3n) is 2.30. The van der Waals surface area contributed by atoms with Gasteiger partial charge in [0.1, 0.15) is 16.1 Å². The molecule has 1 aromatic rings. The number of hydrogen-bond donors (Lipinski definition) is 1. The van der Waals surface area contributed by atoms with Gasteiger partial charge in [0, 0.05) is 6.07 Å². The van der Waals surface area contributed by atoms with Crippen molar-refractivity contribution in [2.24, 2.45) is 0 Å². The molecule has 1 unspecified atom stereocenters. The number of nitrogens with one attached hydrogen (secondary N) is 1. The summed E-state index contributed by atoms with van der Waals surface area (Å²) in [5.41, 5.74) is 0. The Labute approximate surface area is 92.8 Å². The van der Waals surface area contributed by atoms with Gasteiger partial charge in [-0.1, -0.05) is 29.6 Å². The number of aromatic nitrogens is 2. The predicted octanol–water partition coefficient (Wildman–Crippen LogP) is 2.60. The van der Waals surface area contributed by atoms with Gasteiger partial charge in [-0.05, 0) is 19.4 Å². The average molecular weight is 232 g/mol. The standard InChI is InChI=1S/C9H11Cl2N3/c10-7-5-8(11)14-9(13-7)6-3-1-2-4-12-6/h5-6,12H,1-4H2. The minimum Gasteiger partial charge on any atom is -0.307 e. The zero-order chi connectivity index (χ0) is 9.97. The first-order chi connectivity index (χ1) is 6.75. The summed E-state index contributed by atoms with van der Waals surface area (Å²) in [7, 11) is 0. The van der Waals surface area contributed by atoms with Gasteiger partial charge in [-0.2, -0.15) is 0 Å². The molecule has 1 aliphatic rings. The number of nitrogens with zero attached hydrogens (tertiary/aromatic N) is 2. The van der Waals surface area contributed by atoms with E-state index in [0.29, 0.717) is 16.1 Å². The van der Waals surface area contributed by atoms with Crippen molar-refractivity contribution in [2.45, 2.75) is 25.3 Å². The molecule has 3 nitrogen and oxygen atoms in total. The summed E-state index contributed by atoms with van der Waals surface area (Å²) in [5, 5.41) is 4.17. The zero-order valence-corrected chi connectivity index (χ0v) is 9.15. The Bertz CT molecular complexity index is 304. The molecule has 1 saturated heterocycles. The van der Waals surface area contributed by atoms with Gasteiger partial charge in [0.15, 0.2) is 0 Å². The largest absolute Gasteiger partial charge is 0.307 e. The van der Waals surface area contributed by atoms with Crippen LogP contribution in [0.5, 0.6) is 0 Å². The minimum absolute atomic E-state index is 0.208. The van der Waals surface area contributed by atoms with Crippen LogP contribution in [0.3, 0.4) is 0 Å². The quantitative estimate of drug-likeness (QED) is 0.756. The maximum absolute atomic E-state index is 5.81. The van der Waals surface area contributed by atoms with E-state index in [2.05, 4.69) is 15.3 Å². The van der Waals surface area contributed by atoms with Gasteiger partial charge in [-0.3, -0.25) is 0 Å². The fraction of sp³-hybridized carbons (Fsp3) is 0.556. The van der Waals surface area contributed by atoms with Gasteiger partial charge >= 0.3 is 0 Å². The second kappa shape index (κ2) is 4.43. The lowest BCUT2D eigenvalue weighted by Gasteiger charge is -2.22. The van der Waals surface area contributed by atoms with Crippen molar-refractivity contribution in [3.05, 3.63) is 22.2 Å². The Morgan fingerprint density at radius 3 is 2.50 bits per heavy atom. The monoisotopic (exact) mass is 231 g/mol. The van der Waals surface area contributed by atoms with Crippen LogP contribution in [0.25, 0.3) is 0 Å². The predicted molar refractivity (Wildman–Crippen MR) is 56.6 cm³/mol. The van der Waals surface area contributed by atoms with Crippen LogP contribution in [0.1, 0.15) is 31.1 Å². The average Bonchev–Trinajstić information content (AvgIpc) is 2.18. The van der Waals surface area contributed by atoms with E-state index >= 15 is 0 Å². The molecule has 1 aromatic heterocycles. The minimum atomic E-state index is 0.208. The fourth-order valence-corrected chi connectivity index (χ4v) is 2.07. The number of piperidine rings is 1. The molecule has 1 fully saturated rings. The highest BCUT2D eigenvalue weighted by molar-refractivity contribution is 6.33. The molecule has 1 N–H and O–H groups in total. The van der Waals surface area contributed by atoms with Crippen LogP contribution in [0.15, 0.2) is 6.07 Å². The molecule has 0 spiro atoms. The van der Waals surface area contributed by atoms with Gasteiger partial charge in [0.05, 0.1) is 6.04 Å². The summed E-state index contributed by atoms with van der Waals surface area (Å²) >= 11 is 11.6. The van der Waals surface area contributed by atoms with Crippen molar-refractivity contribution >= 4 is 23.2 Å². The van der Waals surface area contributed by atoms with Crippen LogP contribution in [-0.2, 0) is 0 Å². The molecule has 0 saturated carbocycles. The van der Waals surface area contributed by atoms with Crippen LogP contribution < -0.4 is 5.32 Å². The van der Waals surface area contributed by atoms with E-state index in [1.165, 1.54) is 12.8 Å². The molecule has 0 aromatic carbocycles. The third kappa shape index (κ3) is 2.35. The molecule has 0 bridgehead atoms. The second-order valence-electron chi connectivity index (χ2n) is 3.37. The molecule has 1 aliphatic heterocycles. The smallest absolute Gasteiger partial charge is 0.148 e. The molecular formula is C9H11Cl2N3. The van der Waals surface area contributed by atoms with E-state index in [1.807, 2.05) is 0 Å². The van der Waals surface area contributed by atoms with Gasteiger partial charge in [0.2, 0.25) is 0 Å². The summed E-state index contributed by atoms with van der Waals surface area (Å²) in [6, 6.07) is 1.76. The van der Waals surface area contributed by atoms with Crippen molar-refractivity contribution in [1.29, 1.82) is 0 Å². The van der Waals surface area contributed by atoms with E-state index in [1.54, 1.807) is 6.07 Å². The topological polar surface area (TPSA) is 37.8 Å². The molecule has 0 aliphatic carbocycles. The fourth-order valence-electron chi connectivity index (χ4n) is 1.63. The highest BCUT2D eigenvalue weighted by Crippen LogP contribution is 2.22. The third-order valence-corrected chi connectivity index (χ3v) is 2.69. The van der Waals surface area contributed by atoms with Gasteiger partial charge < -0.3 is 5.32 Å². The van der Waals surface area contributed by atoms with Crippen LogP contribution in [0.4, 0.5) is 0 Å². The lowest BCUT2D eigenvalue weighted by atomic mass is 10.0. The number of rotatable bonds is 1. The van der Waals surface area contributed by atoms with Crippen LogP contribution in [0, 0.1) is 0 Å². The summed E-state index contributed by atoms with van der Waals surface area (Å²) in [6.07, 6.45) is 3.46. The normalized spacial score (nSPS) is 22.3. The maximum Gasteiger partial charge on any atom is 0.148 e. The van der Waals surface area contributed by atoms with E-state index in [4.69, 9.17) is 23.2 Å². The Balaban J connectivity index is 2.21. The highest BCUT2D eigenvalue weighted by Gasteiger charge is 2.18. The van der Waals surface area contributed by atoms with E-state index < -0.39 is 0 Å².